The highest BCUT2D eigenvalue weighted by atomic mass is 16.5. The summed E-state index contributed by atoms with van der Waals surface area (Å²) in [5.74, 6) is 0.530. The predicted octanol–water partition coefficient (Wildman–Crippen LogP) is 2.80. The molecule has 20 heavy (non-hydrogen) atoms. The molecule has 114 valence electrons. The second kappa shape index (κ2) is 6.59. The van der Waals surface area contributed by atoms with Gasteiger partial charge in [-0.05, 0) is 32.1 Å². The molecule has 2 rings (SSSR count). The molecular weight excluding hydrogens is 254 g/mol. The summed E-state index contributed by atoms with van der Waals surface area (Å²) in [5, 5.41) is 2.86. The number of hydrogen-bond donors (Lipinski definition) is 1. The van der Waals surface area contributed by atoms with Crippen molar-refractivity contribution in [3.63, 3.8) is 0 Å². The number of carbonyl (C=O) groups is 2. The molecule has 3 atom stereocenters. The summed E-state index contributed by atoms with van der Waals surface area (Å²) in [7, 11) is 0. The van der Waals surface area contributed by atoms with Crippen LogP contribution in [0, 0.1) is 11.3 Å². The van der Waals surface area contributed by atoms with E-state index in [0.717, 1.165) is 31.6 Å². The number of nitrogens with one attached hydrogen (secondary N) is 1. The minimum atomic E-state index is -0.421. The van der Waals surface area contributed by atoms with Gasteiger partial charge in [-0.1, -0.05) is 32.6 Å². The predicted molar refractivity (Wildman–Crippen MR) is 77.1 cm³/mol. The van der Waals surface area contributed by atoms with E-state index in [1.165, 1.54) is 19.3 Å². The van der Waals surface area contributed by atoms with E-state index in [2.05, 4.69) is 12.2 Å². The molecule has 1 amide bonds. The van der Waals surface area contributed by atoms with Crippen LogP contribution in [0.25, 0.3) is 0 Å². The van der Waals surface area contributed by atoms with Crippen molar-refractivity contribution in [2.75, 3.05) is 6.61 Å². The van der Waals surface area contributed by atoms with Gasteiger partial charge in [0.15, 0.2) is 0 Å². The zero-order valence-corrected chi connectivity index (χ0v) is 12.7. The molecule has 2 aliphatic rings. The SMILES string of the molecule is CCCC1CCCC2(CC1)CC(=O)NC2C(=O)OCC. The third kappa shape index (κ3) is 3.15. The molecule has 1 aliphatic heterocycles. The summed E-state index contributed by atoms with van der Waals surface area (Å²) >= 11 is 0. The van der Waals surface area contributed by atoms with E-state index in [9.17, 15) is 9.59 Å². The van der Waals surface area contributed by atoms with Crippen molar-refractivity contribution in [1.82, 2.24) is 5.32 Å². The lowest BCUT2D eigenvalue weighted by atomic mass is 9.73. The number of amides is 1. The number of hydrogen-bond acceptors (Lipinski definition) is 3. The molecule has 2 fully saturated rings. The number of ether oxygens (including phenoxy) is 1. The minimum Gasteiger partial charge on any atom is -0.464 e. The van der Waals surface area contributed by atoms with E-state index < -0.39 is 6.04 Å². The number of rotatable bonds is 4. The van der Waals surface area contributed by atoms with E-state index in [1.54, 1.807) is 0 Å². The first-order valence-electron chi connectivity index (χ1n) is 8.07. The molecule has 1 spiro atoms. The Kier molecular flexibility index (Phi) is 5.06. The molecule has 0 aromatic carbocycles. The quantitative estimate of drug-likeness (QED) is 0.806. The Hall–Kier alpha value is -1.06. The van der Waals surface area contributed by atoms with Crippen LogP contribution < -0.4 is 5.32 Å². The fourth-order valence-electron chi connectivity index (χ4n) is 3.99. The largest absolute Gasteiger partial charge is 0.464 e. The van der Waals surface area contributed by atoms with Gasteiger partial charge in [-0.25, -0.2) is 4.79 Å². The molecular formula is C16H27NO3. The first-order chi connectivity index (χ1) is 9.61. The number of esters is 1. The second-order valence-electron chi connectivity index (χ2n) is 6.38. The van der Waals surface area contributed by atoms with Gasteiger partial charge in [0.25, 0.3) is 0 Å². The lowest BCUT2D eigenvalue weighted by Gasteiger charge is -2.31. The Bertz CT molecular complexity index is 369. The molecule has 4 heteroatoms. The van der Waals surface area contributed by atoms with Crippen LogP contribution in [0.15, 0.2) is 0 Å². The first kappa shape index (κ1) is 15.3. The van der Waals surface area contributed by atoms with Crippen LogP contribution in [-0.4, -0.2) is 24.5 Å². The summed E-state index contributed by atoms with van der Waals surface area (Å²) in [6, 6.07) is -0.421. The molecule has 1 aliphatic carbocycles. The van der Waals surface area contributed by atoms with E-state index in [0.29, 0.717) is 13.0 Å². The molecule has 1 saturated heterocycles. The lowest BCUT2D eigenvalue weighted by molar-refractivity contribution is -0.148. The smallest absolute Gasteiger partial charge is 0.329 e. The molecule has 0 aromatic rings. The standard InChI is InChI=1S/C16H27NO3/c1-3-6-12-7-5-9-16(10-8-12)11-13(18)17-14(16)15(19)20-4-2/h12,14H,3-11H2,1-2H3,(H,17,18). The maximum Gasteiger partial charge on any atom is 0.329 e. The van der Waals surface area contributed by atoms with Crippen molar-refractivity contribution >= 4 is 11.9 Å². The van der Waals surface area contributed by atoms with Gasteiger partial charge < -0.3 is 10.1 Å². The molecule has 0 radical (unpaired) electrons. The Balaban J connectivity index is 2.10. The van der Waals surface area contributed by atoms with Crippen molar-refractivity contribution in [2.24, 2.45) is 11.3 Å². The van der Waals surface area contributed by atoms with Gasteiger partial charge in [-0.3, -0.25) is 4.79 Å². The Morgan fingerprint density at radius 2 is 2.15 bits per heavy atom. The van der Waals surface area contributed by atoms with Crippen LogP contribution >= 0.6 is 0 Å². The maximum atomic E-state index is 12.1. The van der Waals surface area contributed by atoms with Crippen molar-refractivity contribution in [1.29, 1.82) is 0 Å². The van der Waals surface area contributed by atoms with Crippen LogP contribution in [0.1, 0.15) is 65.2 Å². The Morgan fingerprint density at radius 3 is 2.85 bits per heavy atom. The van der Waals surface area contributed by atoms with E-state index in [-0.39, 0.29) is 17.3 Å². The van der Waals surface area contributed by atoms with Crippen LogP contribution in [0.5, 0.6) is 0 Å². The molecule has 4 nitrogen and oxygen atoms in total. The topological polar surface area (TPSA) is 55.4 Å². The fourth-order valence-corrected chi connectivity index (χ4v) is 3.99. The van der Waals surface area contributed by atoms with Crippen LogP contribution in [0.3, 0.4) is 0 Å². The van der Waals surface area contributed by atoms with Gasteiger partial charge in [-0.15, -0.1) is 0 Å². The summed E-state index contributed by atoms with van der Waals surface area (Å²) in [6.07, 6.45) is 8.41. The highest BCUT2D eigenvalue weighted by Crippen LogP contribution is 2.46. The zero-order chi connectivity index (χ0) is 14.6. The summed E-state index contributed by atoms with van der Waals surface area (Å²) < 4.78 is 5.16. The summed E-state index contributed by atoms with van der Waals surface area (Å²) in [5.41, 5.74) is -0.189. The Morgan fingerprint density at radius 1 is 1.35 bits per heavy atom. The van der Waals surface area contributed by atoms with Crippen LogP contribution in [0.2, 0.25) is 0 Å². The summed E-state index contributed by atoms with van der Waals surface area (Å²) in [4.78, 5) is 24.0. The number of carbonyl (C=O) groups excluding carboxylic acids is 2. The second-order valence-corrected chi connectivity index (χ2v) is 6.38. The normalized spacial score (nSPS) is 33.8. The van der Waals surface area contributed by atoms with Gasteiger partial charge in [0, 0.05) is 11.8 Å². The van der Waals surface area contributed by atoms with Crippen molar-refractivity contribution in [3.05, 3.63) is 0 Å². The zero-order valence-electron chi connectivity index (χ0n) is 12.7. The summed E-state index contributed by atoms with van der Waals surface area (Å²) in [6.45, 7) is 4.41. The van der Waals surface area contributed by atoms with E-state index in [1.807, 2.05) is 6.92 Å². The molecule has 1 N–H and O–H groups in total. The minimum absolute atomic E-state index is 0.0111. The highest BCUT2D eigenvalue weighted by molar-refractivity contribution is 5.90. The van der Waals surface area contributed by atoms with Crippen LogP contribution in [-0.2, 0) is 14.3 Å². The van der Waals surface area contributed by atoms with Gasteiger partial charge in [0.05, 0.1) is 6.61 Å². The third-order valence-corrected chi connectivity index (χ3v) is 4.99. The van der Waals surface area contributed by atoms with Crippen molar-refractivity contribution in [2.45, 2.75) is 71.3 Å². The lowest BCUT2D eigenvalue weighted by Crippen LogP contribution is -2.44. The van der Waals surface area contributed by atoms with E-state index in [4.69, 9.17) is 4.74 Å². The fraction of sp³-hybridized carbons (Fsp3) is 0.875. The molecule has 1 saturated carbocycles. The van der Waals surface area contributed by atoms with Gasteiger partial charge in [0.1, 0.15) is 6.04 Å². The van der Waals surface area contributed by atoms with Gasteiger partial charge in [-0.2, -0.15) is 0 Å². The molecule has 3 unspecified atom stereocenters. The van der Waals surface area contributed by atoms with Crippen molar-refractivity contribution in [3.8, 4) is 0 Å². The van der Waals surface area contributed by atoms with Crippen molar-refractivity contribution < 1.29 is 14.3 Å². The average molecular weight is 281 g/mol. The molecule has 0 aromatic heterocycles. The Labute approximate surface area is 121 Å². The first-order valence-corrected chi connectivity index (χ1v) is 8.07. The molecule has 1 heterocycles. The molecule has 0 bridgehead atoms. The monoisotopic (exact) mass is 281 g/mol. The van der Waals surface area contributed by atoms with E-state index >= 15 is 0 Å². The third-order valence-electron chi connectivity index (χ3n) is 4.99. The maximum absolute atomic E-state index is 12.1. The average Bonchev–Trinajstić information content (AvgIpc) is 2.59. The highest BCUT2D eigenvalue weighted by Gasteiger charge is 2.51. The van der Waals surface area contributed by atoms with Gasteiger partial charge >= 0.3 is 5.97 Å². The van der Waals surface area contributed by atoms with Crippen LogP contribution in [0.4, 0.5) is 0 Å². The van der Waals surface area contributed by atoms with Gasteiger partial charge in [0.2, 0.25) is 5.91 Å².